The van der Waals surface area contributed by atoms with Crippen LogP contribution in [-0.4, -0.2) is 47.2 Å². The number of hydrogen-bond donors (Lipinski definition) is 1. The van der Waals surface area contributed by atoms with Gasteiger partial charge in [-0.2, -0.15) is 11.8 Å². The summed E-state index contributed by atoms with van der Waals surface area (Å²) in [7, 11) is 0. The zero-order valence-electron chi connectivity index (χ0n) is 13.6. The fourth-order valence-corrected chi connectivity index (χ4v) is 4.19. The normalized spacial score (nSPS) is 24.1. The summed E-state index contributed by atoms with van der Waals surface area (Å²) in [4.78, 5) is 11.2. The van der Waals surface area contributed by atoms with Gasteiger partial charge in [-0.1, -0.05) is 30.3 Å². The number of anilines is 2. The first-order valence-electron chi connectivity index (χ1n) is 8.48. The van der Waals surface area contributed by atoms with Crippen LogP contribution in [0.2, 0.25) is 0 Å². The number of aromatic nitrogens is 2. The Morgan fingerprint density at radius 1 is 1.12 bits per heavy atom. The first-order valence-corrected chi connectivity index (χ1v) is 9.63. The van der Waals surface area contributed by atoms with Crippen molar-refractivity contribution in [2.24, 2.45) is 0 Å². The zero-order valence-corrected chi connectivity index (χ0v) is 14.4. The van der Waals surface area contributed by atoms with Gasteiger partial charge >= 0.3 is 0 Å². The van der Waals surface area contributed by atoms with E-state index in [1.54, 1.807) is 6.33 Å². The summed E-state index contributed by atoms with van der Waals surface area (Å²) in [6.45, 7) is 2.89. The molecule has 3 heterocycles. The number of benzene rings is 1. The predicted molar refractivity (Wildman–Crippen MR) is 98.7 cm³/mol. The highest BCUT2D eigenvalue weighted by Crippen LogP contribution is 2.31. The molecule has 2 aliphatic heterocycles. The van der Waals surface area contributed by atoms with E-state index in [0.29, 0.717) is 0 Å². The van der Waals surface area contributed by atoms with Gasteiger partial charge in [0.15, 0.2) is 0 Å². The monoisotopic (exact) mass is 342 g/mol. The Morgan fingerprint density at radius 2 is 1.96 bits per heavy atom. The van der Waals surface area contributed by atoms with Crippen LogP contribution in [-0.2, 0) is 4.74 Å². The molecular weight excluding hydrogens is 320 g/mol. The lowest BCUT2D eigenvalue weighted by Crippen LogP contribution is -2.33. The maximum Gasteiger partial charge on any atom is 0.134 e. The van der Waals surface area contributed by atoms with E-state index in [-0.39, 0.29) is 12.1 Å². The number of ether oxygens (including phenoxy) is 1. The van der Waals surface area contributed by atoms with Gasteiger partial charge in [-0.15, -0.1) is 0 Å². The zero-order chi connectivity index (χ0) is 16.2. The second-order valence-electron chi connectivity index (χ2n) is 6.10. The maximum absolute atomic E-state index is 5.95. The smallest absolute Gasteiger partial charge is 0.134 e. The summed E-state index contributed by atoms with van der Waals surface area (Å²) in [6, 6.07) is 12.7. The molecule has 1 aromatic heterocycles. The molecule has 5 nitrogen and oxygen atoms in total. The third kappa shape index (κ3) is 3.49. The molecule has 126 valence electrons. The van der Waals surface area contributed by atoms with Crippen LogP contribution in [0.4, 0.5) is 11.6 Å². The van der Waals surface area contributed by atoms with Gasteiger partial charge in [-0.05, 0) is 12.0 Å². The molecule has 0 unspecified atom stereocenters. The highest BCUT2D eigenvalue weighted by Gasteiger charge is 2.29. The molecule has 24 heavy (non-hydrogen) atoms. The minimum absolute atomic E-state index is 0.0796. The Kier molecular flexibility index (Phi) is 4.85. The summed E-state index contributed by atoms with van der Waals surface area (Å²) >= 11 is 2.00. The fraction of sp³-hybridized carbons (Fsp3) is 0.444. The van der Waals surface area contributed by atoms with Gasteiger partial charge in [0.1, 0.15) is 24.1 Å². The quantitative estimate of drug-likeness (QED) is 0.922. The van der Waals surface area contributed by atoms with Crippen molar-refractivity contribution in [3.05, 3.63) is 48.3 Å². The third-order valence-electron chi connectivity index (χ3n) is 4.54. The Morgan fingerprint density at radius 3 is 2.79 bits per heavy atom. The minimum atomic E-state index is 0.0796. The van der Waals surface area contributed by atoms with Crippen LogP contribution in [0, 0.1) is 0 Å². The molecule has 4 rings (SSSR count). The van der Waals surface area contributed by atoms with Gasteiger partial charge in [0.05, 0.1) is 6.04 Å². The predicted octanol–water partition coefficient (Wildman–Crippen LogP) is 2.97. The van der Waals surface area contributed by atoms with Crippen molar-refractivity contribution in [1.29, 1.82) is 0 Å². The number of hydrogen-bond acceptors (Lipinski definition) is 6. The molecule has 2 aliphatic rings. The standard InChI is InChI=1S/C18H22N4OS/c1-2-4-14(5-3-1)18-15(6-9-23-18)21-16-12-17(20-13-19-16)22-7-10-24-11-8-22/h1-5,12-13,15,18H,6-11H2,(H,19,20,21)/t15-,18-/m0/s1. The minimum Gasteiger partial charge on any atom is -0.371 e. The van der Waals surface area contributed by atoms with Crippen LogP contribution in [0.5, 0.6) is 0 Å². The molecule has 0 amide bonds. The number of nitrogens with zero attached hydrogens (tertiary/aromatic N) is 3. The van der Waals surface area contributed by atoms with E-state index in [1.807, 2.05) is 17.8 Å². The van der Waals surface area contributed by atoms with Crippen LogP contribution in [0.1, 0.15) is 18.1 Å². The fourth-order valence-electron chi connectivity index (χ4n) is 3.29. The highest BCUT2D eigenvalue weighted by atomic mass is 32.2. The average molecular weight is 342 g/mol. The maximum atomic E-state index is 5.95. The lowest BCUT2D eigenvalue weighted by molar-refractivity contribution is 0.107. The summed E-state index contributed by atoms with van der Waals surface area (Å²) in [5.41, 5.74) is 1.22. The first-order chi connectivity index (χ1) is 11.9. The van der Waals surface area contributed by atoms with Crippen LogP contribution in [0.3, 0.4) is 0 Å². The summed E-state index contributed by atoms with van der Waals surface area (Å²) in [5, 5.41) is 3.56. The molecule has 2 saturated heterocycles. The van der Waals surface area contributed by atoms with E-state index in [2.05, 4.69) is 50.5 Å². The van der Waals surface area contributed by atoms with Crippen molar-refractivity contribution in [2.75, 3.05) is 41.4 Å². The molecule has 6 heteroatoms. The van der Waals surface area contributed by atoms with Crippen molar-refractivity contribution in [3.63, 3.8) is 0 Å². The third-order valence-corrected chi connectivity index (χ3v) is 5.48. The molecule has 0 radical (unpaired) electrons. The highest BCUT2D eigenvalue weighted by molar-refractivity contribution is 7.99. The van der Waals surface area contributed by atoms with Gasteiger partial charge < -0.3 is 15.0 Å². The average Bonchev–Trinajstić information content (AvgIpc) is 3.11. The van der Waals surface area contributed by atoms with E-state index >= 15 is 0 Å². The Labute approximate surface area is 146 Å². The lowest BCUT2D eigenvalue weighted by Gasteiger charge is -2.28. The number of thioether (sulfide) groups is 1. The molecule has 1 N–H and O–H groups in total. The molecule has 2 atom stereocenters. The van der Waals surface area contributed by atoms with Crippen molar-refractivity contribution in [3.8, 4) is 0 Å². The van der Waals surface area contributed by atoms with E-state index < -0.39 is 0 Å². The first kappa shape index (κ1) is 15.7. The van der Waals surface area contributed by atoms with Gasteiger partial charge in [0.25, 0.3) is 0 Å². The number of rotatable bonds is 4. The van der Waals surface area contributed by atoms with Crippen LogP contribution < -0.4 is 10.2 Å². The van der Waals surface area contributed by atoms with Crippen molar-refractivity contribution < 1.29 is 4.74 Å². The molecular formula is C18H22N4OS. The second kappa shape index (κ2) is 7.40. The number of nitrogens with one attached hydrogen (secondary N) is 1. The van der Waals surface area contributed by atoms with E-state index in [0.717, 1.165) is 37.8 Å². The van der Waals surface area contributed by atoms with Gasteiger partial charge in [-0.3, -0.25) is 0 Å². The second-order valence-corrected chi connectivity index (χ2v) is 7.33. The molecule has 2 aromatic rings. The van der Waals surface area contributed by atoms with E-state index in [9.17, 15) is 0 Å². The van der Waals surface area contributed by atoms with E-state index in [1.165, 1.54) is 17.1 Å². The largest absolute Gasteiger partial charge is 0.371 e. The van der Waals surface area contributed by atoms with Crippen LogP contribution >= 0.6 is 11.8 Å². The van der Waals surface area contributed by atoms with Gasteiger partial charge in [0.2, 0.25) is 0 Å². The summed E-state index contributed by atoms with van der Waals surface area (Å²) < 4.78 is 5.95. The lowest BCUT2D eigenvalue weighted by atomic mass is 10.0. The summed E-state index contributed by atoms with van der Waals surface area (Å²) in [6.07, 6.45) is 2.72. The van der Waals surface area contributed by atoms with Crippen molar-refractivity contribution in [1.82, 2.24) is 9.97 Å². The van der Waals surface area contributed by atoms with Gasteiger partial charge in [-0.25, -0.2) is 9.97 Å². The van der Waals surface area contributed by atoms with Crippen LogP contribution in [0.15, 0.2) is 42.7 Å². The summed E-state index contributed by atoms with van der Waals surface area (Å²) in [5.74, 6) is 4.23. The van der Waals surface area contributed by atoms with E-state index in [4.69, 9.17) is 4.74 Å². The molecule has 2 fully saturated rings. The molecule has 0 bridgehead atoms. The topological polar surface area (TPSA) is 50.3 Å². The molecule has 1 aromatic carbocycles. The van der Waals surface area contributed by atoms with Gasteiger partial charge in [0, 0.05) is 37.3 Å². The molecule has 0 aliphatic carbocycles. The Hall–Kier alpha value is -1.79. The Bertz CT molecular complexity index is 663. The molecule has 0 spiro atoms. The SMILES string of the molecule is c1ccc([C@@H]2OCC[C@@H]2Nc2cc(N3CCSCC3)ncn2)cc1. The van der Waals surface area contributed by atoms with Crippen LogP contribution in [0.25, 0.3) is 0 Å². The van der Waals surface area contributed by atoms with Crippen molar-refractivity contribution in [2.45, 2.75) is 18.6 Å². The van der Waals surface area contributed by atoms with Crippen molar-refractivity contribution >= 4 is 23.4 Å². The molecule has 0 saturated carbocycles. The Balaban J connectivity index is 1.48.